The highest BCUT2D eigenvalue weighted by molar-refractivity contribution is 8.00. The van der Waals surface area contributed by atoms with E-state index in [9.17, 15) is 13.6 Å². The quantitative estimate of drug-likeness (QED) is 0.753. The third-order valence-electron chi connectivity index (χ3n) is 3.53. The molecular weight excluding hydrogens is 348 g/mol. The highest BCUT2D eigenvalue weighted by Crippen LogP contribution is 2.29. The summed E-state index contributed by atoms with van der Waals surface area (Å²) in [5.74, 6) is -0.158. The summed E-state index contributed by atoms with van der Waals surface area (Å²) in [6.07, 6.45) is 0. The SMILES string of the molecule is COc1ccc(OC)c([C@H](C)NC(=O)CSc2cc(F)ccc2F)c1. The molecule has 4 nitrogen and oxygen atoms in total. The van der Waals surface area contributed by atoms with Crippen LogP contribution in [0.3, 0.4) is 0 Å². The van der Waals surface area contributed by atoms with Gasteiger partial charge in [0.05, 0.1) is 26.0 Å². The van der Waals surface area contributed by atoms with E-state index in [1.165, 1.54) is 0 Å². The largest absolute Gasteiger partial charge is 0.497 e. The van der Waals surface area contributed by atoms with Gasteiger partial charge in [-0.1, -0.05) is 0 Å². The number of carbonyl (C=O) groups excluding carboxylic acids is 1. The molecule has 2 aromatic rings. The van der Waals surface area contributed by atoms with Crippen molar-refractivity contribution in [2.45, 2.75) is 17.9 Å². The van der Waals surface area contributed by atoms with Crippen LogP contribution in [0.5, 0.6) is 11.5 Å². The first-order chi connectivity index (χ1) is 11.9. The predicted molar refractivity (Wildman–Crippen MR) is 93.2 cm³/mol. The van der Waals surface area contributed by atoms with Crippen LogP contribution >= 0.6 is 11.8 Å². The van der Waals surface area contributed by atoms with Crippen molar-refractivity contribution in [1.82, 2.24) is 5.32 Å². The zero-order valence-electron chi connectivity index (χ0n) is 14.1. The number of thioether (sulfide) groups is 1. The Kier molecular flexibility index (Phi) is 6.64. The fraction of sp³-hybridized carbons (Fsp3) is 0.278. The van der Waals surface area contributed by atoms with Gasteiger partial charge in [-0.25, -0.2) is 8.78 Å². The number of rotatable bonds is 7. The molecule has 25 heavy (non-hydrogen) atoms. The molecule has 0 heterocycles. The Hall–Kier alpha value is -2.28. The molecule has 0 radical (unpaired) electrons. The van der Waals surface area contributed by atoms with Gasteiger partial charge in [0.1, 0.15) is 23.1 Å². The predicted octanol–water partition coefficient (Wildman–Crippen LogP) is 3.95. The summed E-state index contributed by atoms with van der Waals surface area (Å²) >= 11 is 0.941. The highest BCUT2D eigenvalue weighted by atomic mass is 32.2. The van der Waals surface area contributed by atoms with Gasteiger partial charge in [-0.05, 0) is 43.3 Å². The van der Waals surface area contributed by atoms with Gasteiger partial charge >= 0.3 is 0 Å². The number of amides is 1. The summed E-state index contributed by atoms with van der Waals surface area (Å²) < 4.78 is 37.2. The van der Waals surface area contributed by atoms with Gasteiger partial charge in [0, 0.05) is 10.5 Å². The third-order valence-corrected chi connectivity index (χ3v) is 4.56. The summed E-state index contributed by atoms with van der Waals surface area (Å²) in [6, 6.07) is 8.11. The standard InChI is InChI=1S/C18H19F2NO3S/c1-11(14-9-13(23-2)5-7-16(14)24-3)21-18(22)10-25-17-8-12(19)4-6-15(17)20/h4-9,11H,10H2,1-3H3,(H,21,22)/t11-/m0/s1. The number of halogens is 2. The van der Waals surface area contributed by atoms with E-state index in [-0.39, 0.29) is 22.6 Å². The minimum atomic E-state index is -0.554. The monoisotopic (exact) mass is 367 g/mol. The molecule has 1 atom stereocenters. The van der Waals surface area contributed by atoms with Gasteiger partial charge in [0.15, 0.2) is 0 Å². The van der Waals surface area contributed by atoms with Crippen molar-refractivity contribution < 1.29 is 23.0 Å². The summed E-state index contributed by atoms with van der Waals surface area (Å²) in [5.41, 5.74) is 0.761. The third kappa shape index (κ3) is 5.09. The number of hydrogen-bond acceptors (Lipinski definition) is 4. The van der Waals surface area contributed by atoms with Crippen LogP contribution in [0.15, 0.2) is 41.3 Å². The van der Waals surface area contributed by atoms with E-state index in [4.69, 9.17) is 9.47 Å². The van der Waals surface area contributed by atoms with E-state index < -0.39 is 11.6 Å². The van der Waals surface area contributed by atoms with E-state index >= 15 is 0 Å². The molecule has 0 aliphatic heterocycles. The van der Waals surface area contributed by atoms with Crippen molar-refractivity contribution >= 4 is 17.7 Å². The lowest BCUT2D eigenvalue weighted by Crippen LogP contribution is -2.28. The van der Waals surface area contributed by atoms with Crippen molar-refractivity contribution in [2.75, 3.05) is 20.0 Å². The Morgan fingerprint density at radius 3 is 2.60 bits per heavy atom. The average Bonchev–Trinajstić information content (AvgIpc) is 2.61. The van der Waals surface area contributed by atoms with E-state index in [1.807, 2.05) is 6.92 Å². The van der Waals surface area contributed by atoms with E-state index in [2.05, 4.69) is 5.32 Å². The fourth-order valence-electron chi connectivity index (χ4n) is 2.27. The van der Waals surface area contributed by atoms with Crippen LogP contribution in [0, 0.1) is 11.6 Å². The minimum absolute atomic E-state index is 0.0308. The lowest BCUT2D eigenvalue weighted by molar-refractivity contribution is -0.119. The van der Waals surface area contributed by atoms with E-state index in [0.717, 1.165) is 35.5 Å². The smallest absolute Gasteiger partial charge is 0.230 e. The second-order valence-corrected chi connectivity index (χ2v) is 6.28. The first-order valence-electron chi connectivity index (χ1n) is 7.53. The summed E-state index contributed by atoms with van der Waals surface area (Å²) in [6.45, 7) is 1.81. The summed E-state index contributed by atoms with van der Waals surface area (Å²) in [5, 5.41) is 2.82. The number of nitrogens with one attached hydrogen (secondary N) is 1. The van der Waals surface area contributed by atoms with Crippen LogP contribution in [0.25, 0.3) is 0 Å². The summed E-state index contributed by atoms with van der Waals surface area (Å²) in [4.78, 5) is 12.2. The molecule has 2 rings (SSSR count). The van der Waals surface area contributed by atoms with Gasteiger partial charge in [-0.15, -0.1) is 11.8 Å². The maximum atomic E-state index is 13.6. The number of methoxy groups -OCH3 is 2. The molecule has 1 amide bonds. The Morgan fingerprint density at radius 1 is 1.16 bits per heavy atom. The Bertz CT molecular complexity index is 755. The Labute approximate surface area is 149 Å². The summed E-state index contributed by atoms with van der Waals surface area (Å²) in [7, 11) is 3.10. The van der Waals surface area contributed by atoms with Gasteiger partial charge in [-0.2, -0.15) is 0 Å². The molecule has 7 heteroatoms. The van der Waals surface area contributed by atoms with Crippen molar-refractivity contribution in [3.05, 3.63) is 53.6 Å². The molecule has 0 aromatic heterocycles. The number of ether oxygens (including phenoxy) is 2. The molecule has 0 aliphatic rings. The Morgan fingerprint density at radius 2 is 1.92 bits per heavy atom. The fourth-order valence-corrected chi connectivity index (χ4v) is 3.04. The number of carbonyl (C=O) groups is 1. The second kappa shape index (κ2) is 8.71. The lowest BCUT2D eigenvalue weighted by atomic mass is 10.1. The second-order valence-electron chi connectivity index (χ2n) is 5.26. The van der Waals surface area contributed by atoms with Gasteiger partial charge < -0.3 is 14.8 Å². The van der Waals surface area contributed by atoms with E-state index in [1.54, 1.807) is 32.4 Å². The van der Waals surface area contributed by atoms with Crippen molar-refractivity contribution in [3.63, 3.8) is 0 Å². The first kappa shape index (κ1) is 19.1. The minimum Gasteiger partial charge on any atom is -0.497 e. The maximum absolute atomic E-state index is 13.6. The molecule has 0 aliphatic carbocycles. The van der Waals surface area contributed by atoms with Gasteiger partial charge in [0.25, 0.3) is 0 Å². The average molecular weight is 367 g/mol. The van der Waals surface area contributed by atoms with Crippen molar-refractivity contribution in [1.29, 1.82) is 0 Å². The van der Waals surface area contributed by atoms with Crippen LogP contribution < -0.4 is 14.8 Å². The zero-order valence-corrected chi connectivity index (χ0v) is 15.0. The molecule has 0 bridgehead atoms. The molecule has 2 aromatic carbocycles. The Balaban J connectivity index is 2.01. The van der Waals surface area contributed by atoms with E-state index in [0.29, 0.717) is 11.5 Å². The maximum Gasteiger partial charge on any atom is 0.230 e. The molecule has 0 saturated carbocycles. The molecule has 134 valence electrons. The molecule has 0 saturated heterocycles. The van der Waals surface area contributed by atoms with Crippen molar-refractivity contribution in [3.8, 4) is 11.5 Å². The molecule has 1 N–H and O–H groups in total. The number of hydrogen-bond donors (Lipinski definition) is 1. The van der Waals surface area contributed by atoms with Crippen LogP contribution in [0.4, 0.5) is 8.78 Å². The van der Waals surface area contributed by atoms with Gasteiger partial charge in [0.2, 0.25) is 5.91 Å². The first-order valence-corrected chi connectivity index (χ1v) is 8.52. The molecule has 0 unspecified atom stereocenters. The normalized spacial score (nSPS) is 11.7. The molecule has 0 fully saturated rings. The molecule has 0 spiro atoms. The van der Waals surface area contributed by atoms with Crippen LogP contribution in [0.1, 0.15) is 18.5 Å². The van der Waals surface area contributed by atoms with Gasteiger partial charge in [-0.3, -0.25) is 4.79 Å². The number of benzene rings is 2. The zero-order chi connectivity index (χ0) is 18.4. The van der Waals surface area contributed by atoms with Crippen LogP contribution in [-0.4, -0.2) is 25.9 Å². The lowest BCUT2D eigenvalue weighted by Gasteiger charge is -2.18. The topological polar surface area (TPSA) is 47.6 Å². The van der Waals surface area contributed by atoms with Crippen molar-refractivity contribution in [2.24, 2.45) is 0 Å². The highest BCUT2D eigenvalue weighted by Gasteiger charge is 2.16. The molecular formula is C18H19F2NO3S. The van der Waals surface area contributed by atoms with Crippen LogP contribution in [-0.2, 0) is 4.79 Å². The van der Waals surface area contributed by atoms with Crippen LogP contribution in [0.2, 0.25) is 0 Å².